The Morgan fingerprint density at radius 3 is 2.35 bits per heavy atom. The maximum absolute atomic E-state index is 12.8. The number of aliphatic carboxylic acids is 1. The minimum atomic E-state index is -4.47. The van der Waals surface area contributed by atoms with E-state index in [2.05, 4.69) is 0 Å². The van der Waals surface area contributed by atoms with E-state index in [1.54, 1.807) is 0 Å². The lowest BCUT2D eigenvalue weighted by Gasteiger charge is -2.26. The summed E-state index contributed by atoms with van der Waals surface area (Å²) in [4.78, 5) is 12.1. The Kier molecular flexibility index (Phi) is 4.77. The van der Waals surface area contributed by atoms with Crippen molar-refractivity contribution in [3.8, 4) is 0 Å². The van der Waals surface area contributed by atoms with Crippen LogP contribution in [0, 0.1) is 0 Å². The van der Waals surface area contributed by atoms with Gasteiger partial charge in [0.25, 0.3) is 0 Å². The summed E-state index contributed by atoms with van der Waals surface area (Å²) in [6.45, 7) is 0.704. The molecule has 1 aromatic carbocycles. The first-order valence-corrected chi connectivity index (χ1v) is 5.83. The highest BCUT2D eigenvalue weighted by Crippen LogP contribution is 2.32. The third-order valence-electron chi connectivity index (χ3n) is 2.80. The van der Waals surface area contributed by atoms with E-state index in [1.165, 1.54) is 30.1 Å². The van der Waals surface area contributed by atoms with Crippen LogP contribution in [0.15, 0.2) is 24.3 Å². The number of benzene rings is 1. The summed E-state index contributed by atoms with van der Waals surface area (Å²) >= 11 is 0. The molecule has 0 amide bonds. The fourth-order valence-corrected chi connectivity index (χ4v) is 1.87. The van der Waals surface area contributed by atoms with Gasteiger partial charge in [0.05, 0.1) is 5.56 Å². The van der Waals surface area contributed by atoms with Crippen LogP contribution in [0.25, 0.3) is 0 Å². The predicted octanol–water partition coefficient (Wildman–Crippen LogP) is 1.97. The van der Waals surface area contributed by atoms with Crippen molar-refractivity contribution in [1.82, 2.24) is 4.90 Å². The number of hydrogen-bond acceptors (Lipinski definition) is 3. The molecule has 0 aliphatic carbocycles. The average Bonchev–Trinajstić information content (AvgIpc) is 2.26. The number of alkyl halides is 3. The van der Waals surface area contributed by atoms with Crippen molar-refractivity contribution < 1.29 is 28.2 Å². The Morgan fingerprint density at radius 1 is 1.30 bits per heavy atom. The molecule has 0 aliphatic rings. The summed E-state index contributed by atoms with van der Waals surface area (Å²) in [6, 6.07) is 5.07. The number of nitrogens with zero attached hydrogens (tertiary/aromatic N) is 1. The first-order chi connectivity index (χ1) is 9.04. The van der Waals surface area contributed by atoms with Crippen LogP contribution in [0.5, 0.6) is 0 Å². The zero-order valence-corrected chi connectivity index (χ0v) is 11.1. The highest BCUT2D eigenvalue weighted by molar-refractivity contribution is 5.76. The monoisotopic (exact) mass is 291 g/mol. The quantitative estimate of drug-likeness (QED) is 0.871. The number of aliphatic hydroxyl groups is 1. The lowest BCUT2D eigenvalue weighted by molar-refractivity contribution is -0.158. The lowest BCUT2D eigenvalue weighted by atomic mass is 10.0. The van der Waals surface area contributed by atoms with Crippen LogP contribution >= 0.6 is 0 Å². The second kappa shape index (κ2) is 5.80. The molecular formula is C13H16F3NO3. The van der Waals surface area contributed by atoms with Crippen LogP contribution in [0.1, 0.15) is 18.1 Å². The summed E-state index contributed by atoms with van der Waals surface area (Å²) in [7, 11) is 1.45. The number of hydrogen-bond donors (Lipinski definition) is 2. The number of halogens is 3. The summed E-state index contributed by atoms with van der Waals surface area (Å²) in [5.41, 5.74) is -2.74. The Bertz CT molecular complexity index is 486. The molecule has 0 saturated heterocycles. The summed E-state index contributed by atoms with van der Waals surface area (Å²) in [5.74, 6) is -1.42. The van der Waals surface area contributed by atoms with Gasteiger partial charge in [-0.05, 0) is 25.6 Å². The van der Waals surface area contributed by atoms with E-state index < -0.39 is 23.3 Å². The van der Waals surface area contributed by atoms with Crippen LogP contribution in [-0.2, 0) is 17.5 Å². The van der Waals surface area contributed by atoms with Crippen molar-refractivity contribution >= 4 is 5.97 Å². The van der Waals surface area contributed by atoms with Crippen molar-refractivity contribution in [2.75, 3.05) is 13.6 Å². The van der Waals surface area contributed by atoms with Crippen LogP contribution in [0.4, 0.5) is 13.2 Å². The van der Waals surface area contributed by atoms with Gasteiger partial charge in [-0.3, -0.25) is 4.90 Å². The minimum absolute atomic E-state index is 0.0312. The van der Waals surface area contributed by atoms with E-state index >= 15 is 0 Å². The molecule has 1 rings (SSSR count). The van der Waals surface area contributed by atoms with Gasteiger partial charge in [0.1, 0.15) is 0 Å². The highest BCUT2D eigenvalue weighted by atomic mass is 19.4. The van der Waals surface area contributed by atoms with E-state index in [9.17, 15) is 23.1 Å². The third kappa shape index (κ3) is 4.21. The van der Waals surface area contributed by atoms with Crippen LogP contribution in [-0.4, -0.2) is 40.3 Å². The zero-order chi connectivity index (χ0) is 15.6. The normalized spacial score (nSPS) is 15.2. The van der Waals surface area contributed by atoms with Gasteiger partial charge in [-0.15, -0.1) is 0 Å². The van der Waals surface area contributed by atoms with E-state index in [1.807, 2.05) is 0 Å². The summed E-state index contributed by atoms with van der Waals surface area (Å²) in [6.07, 6.45) is -4.47. The van der Waals surface area contributed by atoms with Gasteiger partial charge in [0.15, 0.2) is 5.60 Å². The first kappa shape index (κ1) is 16.5. The molecule has 2 N–H and O–H groups in total. The number of carboxylic acids is 1. The molecule has 0 spiro atoms. The highest BCUT2D eigenvalue weighted by Gasteiger charge is 2.34. The van der Waals surface area contributed by atoms with Gasteiger partial charge >= 0.3 is 12.1 Å². The fraction of sp³-hybridized carbons (Fsp3) is 0.462. The molecule has 0 heterocycles. The van der Waals surface area contributed by atoms with Crippen molar-refractivity contribution in [2.45, 2.75) is 25.2 Å². The van der Waals surface area contributed by atoms with Crippen molar-refractivity contribution in [3.63, 3.8) is 0 Å². The van der Waals surface area contributed by atoms with Gasteiger partial charge in [-0.1, -0.05) is 18.2 Å². The maximum atomic E-state index is 12.8. The Balaban J connectivity index is 2.87. The van der Waals surface area contributed by atoms with Gasteiger partial charge < -0.3 is 10.2 Å². The van der Waals surface area contributed by atoms with Gasteiger partial charge in [0.2, 0.25) is 0 Å². The van der Waals surface area contributed by atoms with Crippen molar-refractivity contribution in [1.29, 1.82) is 0 Å². The SMILES string of the molecule is CN(Cc1ccccc1C(F)(F)F)CC(C)(O)C(=O)O. The van der Waals surface area contributed by atoms with Crippen LogP contribution in [0.2, 0.25) is 0 Å². The molecule has 0 fully saturated rings. The Hall–Kier alpha value is -1.60. The molecular weight excluding hydrogens is 275 g/mol. The largest absolute Gasteiger partial charge is 0.479 e. The van der Waals surface area contributed by atoms with E-state index in [-0.39, 0.29) is 18.7 Å². The number of carbonyl (C=O) groups is 1. The van der Waals surface area contributed by atoms with Gasteiger partial charge in [0, 0.05) is 13.1 Å². The molecule has 0 aromatic heterocycles. The maximum Gasteiger partial charge on any atom is 0.416 e. The van der Waals surface area contributed by atoms with Crippen LogP contribution in [0.3, 0.4) is 0 Å². The predicted molar refractivity (Wildman–Crippen MR) is 66.0 cm³/mol. The van der Waals surface area contributed by atoms with Crippen molar-refractivity contribution in [3.05, 3.63) is 35.4 Å². The molecule has 1 unspecified atom stereocenters. The molecule has 1 aromatic rings. The second-order valence-electron chi connectivity index (χ2n) is 4.91. The Labute approximate surface area is 114 Å². The van der Waals surface area contributed by atoms with Gasteiger partial charge in [-0.2, -0.15) is 13.2 Å². The second-order valence-corrected chi connectivity index (χ2v) is 4.91. The molecule has 7 heteroatoms. The van der Waals surface area contributed by atoms with E-state index in [0.717, 1.165) is 13.0 Å². The zero-order valence-electron chi connectivity index (χ0n) is 11.1. The molecule has 112 valence electrons. The molecule has 0 saturated carbocycles. The molecule has 0 aliphatic heterocycles. The van der Waals surface area contributed by atoms with Gasteiger partial charge in [-0.25, -0.2) is 4.79 Å². The summed E-state index contributed by atoms with van der Waals surface area (Å²) < 4.78 is 38.4. The fourth-order valence-electron chi connectivity index (χ4n) is 1.87. The summed E-state index contributed by atoms with van der Waals surface area (Å²) in [5, 5.41) is 18.4. The molecule has 1 atom stereocenters. The number of rotatable bonds is 5. The topological polar surface area (TPSA) is 60.8 Å². The third-order valence-corrected chi connectivity index (χ3v) is 2.80. The number of likely N-dealkylation sites (N-methyl/N-ethyl adjacent to an activating group) is 1. The number of carboxylic acid groups (broad SMARTS) is 1. The smallest absolute Gasteiger partial charge is 0.416 e. The molecule has 0 radical (unpaired) electrons. The molecule has 0 bridgehead atoms. The molecule has 20 heavy (non-hydrogen) atoms. The van der Waals surface area contributed by atoms with E-state index in [0.29, 0.717) is 0 Å². The van der Waals surface area contributed by atoms with Crippen molar-refractivity contribution in [2.24, 2.45) is 0 Å². The lowest BCUT2D eigenvalue weighted by Crippen LogP contribution is -2.45. The standard InChI is InChI=1S/C13H16F3NO3/c1-12(20,11(18)19)8-17(2)7-9-5-3-4-6-10(9)13(14,15)16/h3-6,20H,7-8H2,1-2H3,(H,18,19). The first-order valence-electron chi connectivity index (χ1n) is 5.83. The molecule has 4 nitrogen and oxygen atoms in total. The Morgan fingerprint density at radius 2 is 1.85 bits per heavy atom. The van der Waals surface area contributed by atoms with E-state index in [4.69, 9.17) is 5.11 Å². The average molecular weight is 291 g/mol. The van der Waals surface area contributed by atoms with Crippen LogP contribution < -0.4 is 0 Å². The minimum Gasteiger partial charge on any atom is -0.479 e.